The molecule has 1 aliphatic carbocycles. The number of hydrogen-bond acceptors (Lipinski definition) is 3. The maximum Gasteiger partial charge on any atom is 0.222 e. The highest BCUT2D eigenvalue weighted by Gasteiger charge is 2.39. The number of nitrogens with zero attached hydrogens (tertiary/aromatic N) is 1. The molecule has 0 spiro atoms. The number of piperidine rings is 1. The van der Waals surface area contributed by atoms with E-state index in [-0.39, 0.29) is 23.7 Å². The van der Waals surface area contributed by atoms with Gasteiger partial charge in [-0.2, -0.15) is 0 Å². The van der Waals surface area contributed by atoms with Crippen molar-refractivity contribution in [3.63, 3.8) is 0 Å². The fraction of sp³-hybridized carbons (Fsp3) is 0.636. The van der Waals surface area contributed by atoms with E-state index in [9.17, 15) is 9.59 Å². The Kier molecular flexibility index (Phi) is 6.75. The third-order valence-corrected chi connectivity index (χ3v) is 6.09. The molecule has 1 saturated heterocycles. The Morgan fingerprint density at radius 3 is 2.59 bits per heavy atom. The first-order valence-electron chi connectivity index (χ1n) is 10.3. The molecule has 0 bridgehead atoms. The minimum Gasteiger partial charge on any atom is -0.493 e. The summed E-state index contributed by atoms with van der Waals surface area (Å²) in [6, 6.07) is 9.61. The van der Waals surface area contributed by atoms with Crippen LogP contribution in [-0.2, 0) is 9.59 Å². The van der Waals surface area contributed by atoms with Crippen molar-refractivity contribution in [2.75, 3.05) is 19.7 Å². The number of likely N-dealkylation sites (tertiary alicyclic amines) is 1. The molecule has 2 fully saturated rings. The van der Waals surface area contributed by atoms with Gasteiger partial charge in [0.1, 0.15) is 5.75 Å². The third-order valence-electron chi connectivity index (χ3n) is 6.09. The first-order valence-corrected chi connectivity index (χ1v) is 10.3. The summed E-state index contributed by atoms with van der Waals surface area (Å²) in [5.41, 5.74) is 5.16. The van der Waals surface area contributed by atoms with E-state index in [1.807, 2.05) is 35.2 Å². The van der Waals surface area contributed by atoms with Gasteiger partial charge in [-0.25, -0.2) is 0 Å². The molecule has 2 aliphatic rings. The molecule has 5 heteroatoms. The minimum atomic E-state index is -0.386. The van der Waals surface area contributed by atoms with Crippen molar-refractivity contribution in [3.05, 3.63) is 30.3 Å². The summed E-state index contributed by atoms with van der Waals surface area (Å²) in [4.78, 5) is 26.4. The average Bonchev–Trinajstić information content (AvgIpc) is 3.19. The number of primary amides is 1. The second kappa shape index (κ2) is 9.25. The highest BCUT2D eigenvalue weighted by molar-refractivity contribution is 5.77. The largest absolute Gasteiger partial charge is 0.493 e. The highest BCUT2D eigenvalue weighted by atomic mass is 16.5. The number of para-hydroxylation sites is 1. The van der Waals surface area contributed by atoms with Crippen LogP contribution in [0.3, 0.4) is 0 Å². The Bertz CT molecular complexity index is 628. The molecule has 5 nitrogen and oxygen atoms in total. The van der Waals surface area contributed by atoms with Gasteiger partial charge < -0.3 is 15.4 Å². The predicted molar refractivity (Wildman–Crippen MR) is 105 cm³/mol. The molecule has 2 N–H and O–H groups in total. The summed E-state index contributed by atoms with van der Waals surface area (Å²) in [7, 11) is 0. The zero-order valence-corrected chi connectivity index (χ0v) is 16.2. The number of nitrogens with two attached hydrogens (primary N) is 1. The van der Waals surface area contributed by atoms with Gasteiger partial charge >= 0.3 is 0 Å². The van der Waals surface area contributed by atoms with E-state index in [4.69, 9.17) is 10.5 Å². The van der Waals surface area contributed by atoms with E-state index in [0.717, 1.165) is 37.5 Å². The van der Waals surface area contributed by atoms with Crippen molar-refractivity contribution in [2.24, 2.45) is 17.1 Å². The van der Waals surface area contributed by atoms with Crippen LogP contribution in [0.1, 0.15) is 57.8 Å². The number of benzene rings is 1. The van der Waals surface area contributed by atoms with Crippen LogP contribution in [0.15, 0.2) is 30.3 Å². The Labute approximate surface area is 162 Å². The van der Waals surface area contributed by atoms with Gasteiger partial charge in [0.2, 0.25) is 11.8 Å². The fourth-order valence-electron chi connectivity index (χ4n) is 4.64. The second-order valence-corrected chi connectivity index (χ2v) is 8.35. The summed E-state index contributed by atoms with van der Waals surface area (Å²) in [5, 5.41) is 0. The van der Waals surface area contributed by atoms with Crippen LogP contribution in [0.5, 0.6) is 5.75 Å². The molecule has 1 unspecified atom stereocenters. The number of hydrogen-bond donors (Lipinski definition) is 1. The van der Waals surface area contributed by atoms with Crippen molar-refractivity contribution >= 4 is 11.8 Å². The van der Waals surface area contributed by atoms with Gasteiger partial charge in [-0.05, 0) is 37.3 Å². The number of carbonyl (C=O) groups excluding carboxylic acids is 2. The van der Waals surface area contributed by atoms with E-state index in [0.29, 0.717) is 19.6 Å². The Balaban J connectivity index is 1.60. The average molecular weight is 373 g/mol. The molecule has 148 valence electrons. The number of ether oxygens (including phenoxy) is 1. The van der Waals surface area contributed by atoms with Crippen LogP contribution in [0, 0.1) is 11.3 Å². The van der Waals surface area contributed by atoms with Crippen LogP contribution in [0.2, 0.25) is 0 Å². The Morgan fingerprint density at radius 1 is 1.15 bits per heavy atom. The van der Waals surface area contributed by atoms with Gasteiger partial charge in [0, 0.05) is 31.3 Å². The predicted octanol–water partition coefficient (Wildman–Crippen LogP) is 3.52. The van der Waals surface area contributed by atoms with Crippen molar-refractivity contribution in [1.82, 2.24) is 4.90 Å². The Hall–Kier alpha value is -2.04. The topological polar surface area (TPSA) is 72.6 Å². The van der Waals surface area contributed by atoms with Crippen LogP contribution < -0.4 is 10.5 Å². The summed E-state index contributed by atoms with van der Waals surface area (Å²) < 4.78 is 5.97. The molecule has 2 amide bonds. The van der Waals surface area contributed by atoms with Crippen LogP contribution >= 0.6 is 0 Å². The second-order valence-electron chi connectivity index (χ2n) is 8.35. The third kappa shape index (κ3) is 5.72. The molecule has 1 aliphatic heterocycles. The summed E-state index contributed by atoms with van der Waals surface area (Å²) in [5.74, 6) is 1.39. The SMILES string of the molecule is NC(=O)CC1(COc2ccccc2)CCCN(C(=O)CCC2CCCC2)C1. The molecule has 1 aromatic carbocycles. The van der Waals surface area contributed by atoms with Gasteiger partial charge in [0.25, 0.3) is 0 Å². The lowest BCUT2D eigenvalue weighted by Gasteiger charge is -2.42. The van der Waals surface area contributed by atoms with E-state index in [1.165, 1.54) is 25.7 Å². The molecule has 3 rings (SSSR count). The van der Waals surface area contributed by atoms with Gasteiger partial charge in [0.05, 0.1) is 6.61 Å². The summed E-state index contributed by atoms with van der Waals surface area (Å²) in [6.07, 6.45) is 8.77. The smallest absolute Gasteiger partial charge is 0.222 e. The molecular weight excluding hydrogens is 340 g/mol. The zero-order chi connectivity index (χ0) is 19.1. The van der Waals surface area contributed by atoms with Gasteiger partial charge in [0.15, 0.2) is 0 Å². The number of carbonyl (C=O) groups is 2. The van der Waals surface area contributed by atoms with Crippen molar-refractivity contribution in [3.8, 4) is 5.75 Å². The highest BCUT2D eigenvalue weighted by Crippen LogP contribution is 2.35. The molecule has 0 radical (unpaired) electrons. The monoisotopic (exact) mass is 372 g/mol. The lowest BCUT2D eigenvalue weighted by Crippen LogP contribution is -2.50. The quantitative estimate of drug-likeness (QED) is 0.759. The molecule has 1 atom stereocenters. The lowest BCUT2D eigenvalue weighted by molar-refractivity contribution is -0.137. The molecule has 1 aromatic rings. The number of rotatable bonds is 8. The first-order chi connectivity index (χ1) is 13.1. The maximum atomic E-state index is 12.8. The first kappa shape index (κ1) is 19.7. The van der Waals surface area contributed by atoms with Crippen LogP contribution in [-0.4, -0.2) is 36.4 Å². The van der Waals surface area contributed by atoms with Gasteiger partial charge in [-0.3, -0.25) is 9.59 Å². The van der Waals surface area contributed by atoms with E-state index in [1.54, 1.807) is 0 Å². The van der Waals surface area contributed by atoms with Crippen molar-refractivity contribution in [2.45, 2.75) is 57.8 Å². The molecule has 27 heavy (non-hydrogen) atoms. The molecule has 1 heterocycles. The lowest BCUT2D eigenvalue weighted by atomic mass is 9.77. The van der Waals surface area contributed by atoms with E-state index in [2.05, 4.69) is 0 Å². The molecule has 0 aromatic heterocycles. The van der Waals surface area contributed by atoms with E-state index < -0.39 is 0 Å². The van der Waals surface area contributed by atoms with Crippen molar-refractivity contribution in [1.29, 1.82) is 0 Å². The normalized spacial score (nSPS) is 23.3. The summed E-state index contributed by atoms with van der Waals surface area (Å²) >= 11 is 0. The van der Waals surface area contributed by atoms with Crippen LogP contribution in [0.25, 0.3) is 0 Å². The number of amides is 2. The standard InChI is InChI=1S/C22H32N2O3/c23-20(25)15-22(17-27-19-9-2-1-3-10-19)13-6-14-24(16-22)21(26)12-11-18-7-4-5-8-18/h1-3,9-10,18H,4-8,11-17H2,(H2,23,25). The van der Waals surface area contributed by atoms with Gasteiger partial charge in [-0.1, -0.05) is 43.9 Å². The maximum absolute atomic E-state index is 12.8. The van der Waals surface area contributed by atoms with Crippen molar-refractivity contribution < 1.29 is 14.3 Å². The van der Waals surface area contributed by atoms with Crippen LogP contribution in [0.4, 0.5) is 0 Å². The molecule has 1 saturated carbocycles. The summed E-state index contributed by atoms with van der Waals surface area (Å²) in [6.45, 7) is 1.74. The fourth-order valence-corrected chi connectivity index (χ4v) is 4.64. The van der Waals surface area contributed by atoms with Gasteiger partial charge in [-0.15, -0.1) is 0 Å². The minimum absolute atomic E-state index is 0.218. The zero-order valence-electron chi connectivity index (χ0n) is 16.2. The Morgan fingerprint density at radius 2 is 1.89 bits per heavy atom. The molecular formula is C22H32N2O3. The van der Waals surface area contributed by atoms with E-state index >= 15 is 0 Å².